The molecular weight excluding hydrogens is 626 g/mol. The molecule has 2 amide bonds. The van der Waals surface area contributed by atoms with Gasteiger partial charge < -0.3 is 30.3 Å². The Morgan fingerprint density at radius 1 is 0.979 bits per heavy atom. The Morgan fingerprint density at radius 3 is 2.21 bits per heavy atom. The quantitative estimate of drug-likeness (QED) is 0.151. The van der Waals surface area contributed by atoms with Crippen molar-refractivity contribution in [2.75, 3.05) is 81.8 Å². The number of benzene rings is 3. The van der Waals surface area contributed by atoms with Crippen LogP contribution in [0.4, 0.5) is 17.1 Å². The Bertz CT molecular complexity index is 1720. The highest BCUT2D eigenvalue weighted by molar-refractivity contribution is 7.85. The number of hydrogen-bond acceptors (Lipinski definition) is 10. The Hall–Kier alpha value is -4.60. The molecule has 3 aromatic carbocycles. The molecule has 0 saturated carbocycles. The van der Waals surface area contributed by atoms with Crippen LogP contribution in [0.1, 0.15) is 21.5 Å². The lowest BCUT2D eigenvalue weighted by atomic mass is 9.99. The number of fused-ring (bicyclic) bond motifs is 1. The van der Waals surface area contributed by atoms with Gasteiger partial charge in [-0.3, -0.25) is 19.0 Å². The maximum atomic E-state index is 13.2. The van der Waals surface area contributed by atoms with Crippen molar-refractivity contribution in [2.45, 2.75) is 0 Å². The molecule has 13 nitrogen and oxygen atoms in total. The average Bonchev–Trinajstić information content (AvgIpc) is 3.38. The second-order valence-corrected chi connectivity index (χ2v) is 12.6. The van der Waals surface area contributed by atoms with Crippen molar-refractivity contribution >= 4 is 56.2 Å². The van der Waals surface area contributed by atoms with Crippen LogP contribution in [0.25, 0.3) is 11.3 Å². The van der Waals surface area contributed by atoms with E-state index in [0.717, 1.165) is 43.1 Å². The van der Waals surface area contributed by atoms with Gasteiger partial charge in [0.1, 0.15) is 0 Å². The van der Waals surface area contributed by atoms with Crippen LogP contribution < -0.4 is 15.5 Å². The lowest BCUT2D eigenvalue weighted by Gasteiger charge is -2.32. The molecule has 3 aromatic rings. The molecule has 1 fully saturated rings. The minimum atomic E-state index is -3.92. The first-order chi connectivity index (χ1) is 22.4. The van der Waals surface area contributed by atoms with Gasteiger partial charge in [-0.15, -0.1) is 0 Å². The van der Waals surface area contributed by atoms with Crippen LogP contribution in [0.3, 0.4) is 0 Å². The summed E-state index contributed by atoms with van der Waals surface area (Å²) in [5, 5.41) is 14.2. The lowest BCUT2D eigenvalue weighted by Crippen LogP contribution is -2.48. The van der Waals surface area contributed by atoms with Crippen molar-refractivity contribution in [3.63, 3.8) is 0 Å². The number of methoxy groups -OCH3 is 1. The number of rotatable bonds is 9. The average molecular weight is 666 g/mol. The van der Waals surface area contributed by atoms with Gasteiger partial charge in [-0.1, -0.05) is 36.4 Å². The van der Waals surface area contributed by atoms with Gasteiger partial charge in [-0.25, -0.2) is 4.79 Å². The van der Waals surface area contributed by atoms with E-state index in [1.54, 1.807) is 30.1 Å². The summed E-state index contributed by atoms with van der Waals surface area (Å²) < 4.78 is 31.9. The largest absolute Gasteiger partial charge is 0.465 e. The number of amides is 2. The first kappa shape index (κ1) is 35.3. The summed E-state index contributed by atoms with van der Waals surface area (Å²) in [6.07, 6.45) is 0. The van der Waals surface area contributed by atoms with Crippen molar-refractivity contribution in [1.29, 1.82) is 0 Å². The molecule has 47 heavy (non-hydrogen) atoms. The molecule has 4 N–H and O–H groups in total. The van der Waals surface area contributed by atoms with Gasteiger partial charge in [0, 0.05) is 50.2 Å². The predicted molar refractivity (Wildman–Crippen MR) is 181 cm³/mol. The molecule has 0 bridgehead atoms. The number of nitrogens with one attached hydrogen (secondary N) is 2. The van der Waals surface area contributed by atoms with E-state index >= 15 is 0 Å². The van der Waals surface area contributed by atoms with E-state index in [0.29, 0.717) is 34.6 Å². The number of likely N-dealkylation sites (N-methyl/N-ethyl adjacent to an activating group) is 2. The van der Waals surface area contributed by atoms with Crippen LogP contribution in [0.2, 0.25) is 0 Å². The molecule has 5 rings (SSSR count). The fraction of sp³-hybridized carbons (Fsp3) is 0.303. The molecule has 0 atom stereocenters. The standard InChI is InChI=1S/C31H33N5O4.C2H6O4S/c1-34-15-17-36(18-16-34)20-27(37)35(2)24-12-10-23(11-13-24)32-29(21-7-5-4-6-8-21)28-25-14-9-22(31(39)40-3)19-26(25)33-30(28)38;3-1-2-7(4,5)6/h4-14,19,32H,15-18,20H2,1-3H3,(H,33,38);3H,1-2H2,(H,4,5,6)/b29-28-;. The molecule has 0 aromatic heterocycles. The van der Waals surface area contributed by atoms with E-state index in [1.165, 1.54) is 7.11 Å². The molecular formula is C33H39N5O8S. The number of hydrogen-bond donors (Lipinski definition) is 4. The van der Waals surface area contributed by atoms with Gasteiger partial charge in [0.05, 0.1) is 48.5 Å². The SMILES string of the molecule is COC(=O)c1ccc2c(c1)NC(=O)/C2=C(\Nc1ccc(N(C)C(=O)CN2CCN(C)CC2)cc1)c1ccccc1.O=S(=O)(O)CCO. The fourth-order valence-electron chi connectivity index (χ4n) is 5.03. The number of nitrogens with zero attached hydrogens (tertiary/aromatic N) is 3. The molecule has 14 heteroatoms. The van der Waals surface area contributed by atoms with E-state index in [4.69, 9.17) is 14.4 Å². The highest BCUT2D eigenvalue weighted by Gasteiger charge is 2.29. The first-order valence-electron chi connectivity index (χ1n) is 14.8. The van der Waals surface area contributed by atoms with Crippen LogP contribution >= 0.6 is 0 Å². The summed E-state index contributed by atoms with van der Waals surface area (Å²) in [6.45, 7) is 3.56. The second-order valence-electron chi connectivity index (χ2n) is 11.0. The smallest absolute Gasteiger partial charge is 0.337 e. The number of carbonyl (C=O) groups is 3. The summed E-state index contributed by atoms with van der Waals surface area (Å²) in [5.74, 6) is -1.27. The monoisotopic (exact) mass is 665 g/mol. The van der Waals surface area contributed by atoms with Crippen molar-refractivity contribution in [1.82, 2.24) is 9.80 Å². The van der Waals surface area contributed by atoms with Crippen molar-refractivity contribution in [3.8, 4) is 0 Å². The maximum Gasteiger partial charge on any atom is 0.337 e. The summed E-state index contributed by atoms with van der Waals surface area (Å²) in [5.41, 5.74) is 5.10. The molecule has 0 radical (unpaired) electrons. The Kier molecular flexibility index (Phi) is 11.9. The predicted octanol–water partition coefficient (Wildman–Crippen LogP) is 2.48. The van der Waals surface area contributed by atoms with E-state index in [1.807, 2.05) is 54.6 Å². The highest BCUT2D eigenvalue weighted by atomic mass is 32.2. The summed E-state index contributed by atoms with van der Waals surface area (Å²) in [4.78, 5) is 44.3. The number of esters is 1. The van der Waals surface area contributed by atoms with Gasteiger partial charge in [-0.05, 0) is 49.0 Å². The Balaban J connectivity index is 0.000000644. The van der Waals surface area contributed by atoms with Crippen molar-refractivity contribution < 1.29 is 37.2 Å². The number of aliphatic hydroxyl groups is 1. The number of anilines is 3. The highest BCUT2D eigenvalue weighted by Crippen LogP contribution is 2.38. The third-order valence-electron chi connectivity index (χ3n) is 7.70. The van der Waals surface area contributed by atoms with E-state index < -0.39 is 28.4 Å². The van der Waals surface area contributed by atoms with E-state index in [2.05, 4.69) is 27.5 Å². The molecule has 2 heterocycles. The van der Waals surface area contributed by atoms with Gasteiger partial charge >= 0.3 is 5.97 Å². The lowest BCUT2D eigenvalue weighted by molar-refractivity contribution is -0.119. The zero-order valence-electron chi connectivity index (χ0n) is 26.5. The molecule has 1 saturated heterocycles. The molecule has 0 spiro atoms. The summed E-state index contributed by atoms with van der Waals surface area (Å²) >= 11 is 0. The van der Waals surface area contributed by atoms with Crippen molar-refractivity contribution in [3.05, 3.63) is 89.5 Å². The number of carbonyl (C=O) groups excluding carboxylic acids is 3. The van der Waals surface area contributed by atoms with E-state index in [9.17, 15) is 22.8 Å². The first-order valence-corrected chi connectivity index (χ1v) is 16.5. The van der Waals surface area contributed by atoms with Crippen LogP contribution in [0.5, 0.6) is 0 Å². The topological polar surface area (TPSA) is 169 Å². The Labute approximate surface area is 274 Å². The fourth-order valence-corrected chi connectivity index (χ4v) is 5.26. The van der Waals surface area contributed by atoms with Crippen LogP contribution in [0.15, 0.2) is 72.8 Å². The van der Waals surface area contributed by atoms with Gasteiger partial charge in [0.15, 0.2) is 0 Å². The molecule has 250 valence electrons. The molecule has 0 aliphatic carbocycles. The normalized spacial score (nSPS) is 15.9. The maximum absolute atomic E-state index is 13.2. The van der Waals surface area contributed by atoms with Crippen LogP contribution in [0, 0.1) is 0 Å². The number of piperazine rings is 1. The van der Waals surface area contributed by atoms with Crippen LogP contribution in [-0.2, 0) is 24.4 Å². The Morgan fingerprint density at radius 2 is 1.64 bits per heavy atom. The third-order valence-corrected chi connectivity index (χ3v) is 8.40. The zero-order chi connectivity index (χ0) is 34.1. The van der Waals surface area contributed by atoms with Gasteiger partial charge in [0.25, 0.3) is 16.0 Å². The zero-order valence-corrected chi connectivity index (χ0v) is 27.3. The van der Waals surface area contributed by atoms with Crippen LogP contribution in [-0.4, -0.2) is 112 Å². The summed E-state index contributed by atoms with van der Waals surface area (Å²) in [6, 6.07) is 22.2. The molecule has 0 unspecified atom stereocenters. The number of aliphatic hydroxyl groups excluding tert-OH is 1. The second kappa shape index (κ2) is 15.8. The minimum Gasteiger partial charge on any atom is -0.465 e. The minimum absolute atomic E-state index is 0.0444. The van der Waals surface area contributed by atoms with Crippen molar-refractivity contribution in [2.24, 2.45) is 0 Å². The van der Waals surface area contributed by atoms with Gasteiger partial charge in [0.2, 0.25) is 5.91 Å². The van der Waals surface area contributed by atoms with E-state index in [-0.39, 0.29) is 11.8 Å². The third kappa shape index (κ3) is 9.47. The number of ether oxygens (including phenoxy) is 1. The molecule has 2 aliphatic rings. The summed E-state index contributed by atoms with van der Waals surface area (Å²) in [7, 11) is 1.29. The molecule has 2 aliphatic heterocycles. The van der Waals surface area contributed by atoms with Gasteiger partial charge in [-0.2, -0.15) is 8.42 Å².